The number of amides is 7. The summed E-state index contributed by atoms with van der Waals surface area (Å²) in [6.45, 7) is 3.03. The number of phosphoric ester groups is 1. The highest BCUT2D eigenvalue weighted by molar-refractivity contribution is 7.47. The van der Waals surface area contributed by atoms with Crippen LogP contribution in [0.2, 0.25) is 0 Å². The molecular weight excluding hydrogens is 1230 g/mol. The molecule has 2 saturated heterocycles. The van der Waals surface area contributed by atoms with Crippen molar-refractivity contribution in [3.63, 3.8) is 0 Å². The Balaban J connectivity index is 1.85. The predicted octanol–water partition coefficient (Wildman–Crippen LogP) is -5.77. The van der Waals surface area contributed by atoms with E-state index in [0.29, 0.717) is 51.5 Å². The molecule has 2 heterocycles. The predicted molar refractivity (Wildman–Crippen MR) is 311 cm³/mol. The maximum absolute atomic E-state index is 14.0. The number of hydrogen-bond acceptors (Lipinski definition) is 27. The number of aliphatic hydroxyl groups excluding tert-OH is 7. The maximum atomic E-state index is 14.0. The van der Waals surface area contributed by atoms with Gasteiger partial charge in [-0.2, -0.15) is 0 Å². The van der Waals surface area contributed by atoms with Crippen LogP contribution in [0.15, 0.2) is 0 Å². The topological polar surface area (TPSA) is 493 Å². The molecule has 14 atom stereocenters. The minimum absolute atomic E-state index is 0.0108. The molecule has 7 amide bonds. The second-order valence-electron chi connectivity index (χ2n) is 21.0. The van der Waals surface area contributed by atoms with Crippen LogP contribution >= 0.6 is 7.82 Å². The molecule has 0 saturated carbocycles. The quantitative estimate of drug-likeness (QED) is 0.0199. The van der Waals surface area contributed by atoms with Crippen LogP contribution in [-0.4, -0.2) is 301 Å². The minimum Gasteiger partial charge on any atom is -0.396 e. The lowest BCUT2D eigenvalue weighted by Crippen LogP contribution is -2.64. The minimum atomic E-state index is -4.25. The van der Waals surface area contributed by atoms with Crippen molar-refractivity contribution in [2.75, 3.05) is 146 Å². The van der Waals surface area contributed by atoms with Crippen LogP contribution in [-0.2, 0) is 94.5 Å². The smallest absolute Gasteiger partial charge is 0.396 e. The monoisotopic (exact) mass is 1330 g/mol. The molecule has 0 aliphatic carbocycles. The molecule has 524 valence electrons. The number of phosphoric acid groups is 1. The highest BCUT2D eigenvalue weighted by Gasteiger charge is 2.46. The average Bonchev–Trinajstić information content (AvgIpc) is 1.24. The number of nitrogens with one attached hydrogen (secondary N) is 7. The van der Waals surface area contributed by atoms with E-state index in [1.54, 1.807) is 0 Å². The Morgan fingerprint density at radius 3 is 1.33 bits per heavy atom. The van der Waals surface area contributed by atoms with Gasteiger partial charge in [0.2, 0.25) is 41.4 Å². The summed E-state index contributed by atoms with van der Waals surface area (Å²) in [4.78, 5) is 97.6. The van der Waals surface area contributed by atoms with Crippen molar-refractivity contribution in [3.8, 4) is 0 Å². The first-order valence-corrected chi connectivity index (χ1v) is 31.6. The molecule has 15 N–H and O–H groups in total. The van der Waals surface area contributed by atoms with Crippen molar-refractivity contribution < 1.29 is 135 Å². The lowest BCUT2D eigenvalue weighted by atomic mass is 9.97. The van der Waals surface area contributed by atoms with Gasteiger partial charge in [0.1, 0.15) is 74.0 Å². The Hall–Kier alpha value is -4.28. The first-order chi connectivity index (χ1) is 43.1. The van der Waals surface area contributed by atoms with Crippen molar-refractivity contribution in [1.82, 2.24) is 37.2 Å². The zero-order valence-electron chi connectivity index (χ0n) is 51.9. The Morgan fingerprint density at radius 2 is 0.900 bits per heavy atom. The molecule has 2 fully saturated rings. The van der Waals surface area contributed by atoms with E-state index < -0.39 is 142 Å². The summed E-state index contributed by atoms with van der Waals surface area (Å²) in [5.74, 6) is -3.95. The molecule has 0 aromatic carbocycles. The Morgan fingerprint density at radius 1 is 0.489 bits per heavy atom. The van der Waals surface area contributed by atoms with Crippen molar-refractivity contribution >= 4 is 49.2 Å². The highest BCUT2D eigenvalue weighted by Crippen LogP contribution is 2.42. The van der Waals surface area contributed by atoms with Gasteiger partial charge in [0.15, 0.2) is 12.6 Å². The van der Waals surface area contributed by atoms with Crippen LogP contribution in [0, 0.1) is 5.92 Å². The van der Waals surface area contributed by atoms with Gasteiger partial charge in [0, 0.05) is 60.0 Å². The van der Waals surface area contributed by atoms with Crippen molar-refractivity contribution in [3.05, 3.63) is 0 Å². The standard InChI is InChI=1S/C54H100N7O28P/c1-35(65)55-14-9-6-13-40(60-44(69)34-84-24-22-80-18-20-82-26-28-86-54-46(59-37(3)67)50(73)48(71)42(31-64)89-54)52(75)61-39(51(74)57-16-8-5-11-38(29-62)32-87-90(76,77)78-4)12-7-10-15-56-43(68)33-83-23-21-79-17-19-81-25-27-85-53-45(58-36(2)66)49(72)47(70)41(30-63)88-53/h38-42,45-50,53-54,62-64,70-73H,5-34H2,1-4H3,(H,55,65)(H,56,68)(H,57,74)(H,58,66)(H,59,67)(H,60,69)(H,61,75)(H,76,77)/t38?,39-,40-,41?,42?,45?,46?,47?,48?,49?,50?,53?,54?/m0/s1. The van der Waals surface area contributed by atoms with Gasteiger partial charge in [-0.3, -0.25) is 42.6 Å². The SMILES string of the molecule is COP(=O)(O)OCC(CO)CCCCNC(=O)[C@H](CCCCNC(=O)COCCOCCOCCOC1OC(CO)C(O)C(O)C1NC(C)=O)NC(=O)[C@H](CCCCNC(C)=O)NC(=O)COCCOCCOCCOC1OC(CO)C(O)C(O)C1NC(C)=O. The Labute approximate surface area is 523 Å². The number of aliphatic hydroxyl groups is 7. The molecule has 0 aromatic heterocycles. The number of carbonyl (C=O) groups excluding carboxylic acids is 7. The number of ether oxygens (including phenoxy) is 10. The fourth-order valence-corrected chi connectivity index (χ4v) is 9.29. The summed E-state index contributed by atoms with van der Waals surface area (Å²) in [5, 5.41) is 88.4. The van der Waals surface area contributed by atoms with E-state index in [1.165, 1.54) is 20.8 Å². The van der Waals surface area contributed by atoms with Gasteiger partial charge in [-0.15, -0.1) is 0 Å². The van der Waals surface area contributed by atoms with Gasteiger partial charge in [-0.05, 0) is 51.4 Å². The number of unbranched alkanes of at least 4 members (excludes halogenated alkanes) is 3. The summed E-state index contributed by atoms with van der Waals surface area (Å²) < 4.78 is 76.0. The third kappa shape index (κ3) is 35.7. The van der Waals surface area contributed by atoms with E-state index in [-0.39, 0.29) is 131 Å². The molecule has 2 aliphatic rings. The summed E-state index contributed by atoms with van der Waals surface area (Å²) in [6.07, 6.45) is -7.22. The molecule has 36 heteroatoms. The third-order valence-corrected chi connectivity index (χ3v) is 14.5. The van der Waals surface area contributed by atoms with Crippen LogP contribution in [0.1, 0.15) is 78.6 Å². The molecule has 90 heavy (non-hydrogen) atoms. The molecule has 2 aliphatic heterocycles. The molecule has 35 nitrogen and oxygen atoms in total. The van der Waals surface area contributed by atoms with E-state index in [0.717, 1.165) is 7.11 Å². The maximum Gasteiger partial charge on any atom is 0.471 e. The van der Waals surface area contributed by atoms with Gasteiger partial charge >= 0.3 is 7.82 Å². The second kappa shape index (κ2) is 48.4. The van der Waals surface area contributed by atoms with Crippen molar-refractivity contribution in [2.24, 2.45) is 5.92 Å². The molecule has 2 rings (SSSR count). The first-order valence-electron chi connectivity index (χ1n) is 30.1. The normalized spacial score (nSPS) is 23.3. The van der Waals surface area contributed by atoms with Crippen LogP contribution in [0.3, 0.4) is 0 Å². The molecular formula is C54H100N7O28P. The largest absolute Gasteiger partial charge is 0.471 e. The van der Waals surface area contributed by atoms with E-state index in [1.807, 2.05) is 0 Å². The fraction of sp³-hybridized carbons (Fsp3) is 0.870. The van der Waals surface area contributed by atoms with E-state index in [2.05, 4.69) is 41.7 Å². The highest BCUT2D eigenvalue weighted by atomic mass is 31.2. The van der Waals surface area contributed by atoms with Crippen LogP contribution < -0.4 is 37.2 Å². The van der Waals surface area contributed by atoms with Gasteiger partial charge in [0.05, 0.1) is 99.1 Å². The summed E-state index contributed by atoms with van der Waals surface area (Å²) in [6, 6.07) is -4.39. The molecule has 0 spiro atoms. The lowest BCUT2D eigenvalue weighted by molar-refractivity contribution is -0.272. The van der Waals surface area contributed by atoms with Crippen molar-refractivity contribution in [2.45, 2.75) is 152 Å². The van der Waals surface area contributed by atoms with Gasteiger partial charge in [-0.1, -0.05) is 6.42 Å². The van der Waals surface area contributed by atoms with Gasteiger partial charge in [-0.25, -0.2) is 4.57 Å². The molecule has 0 aromatic rings. The zero-order valence-corrected chi connectivity index (χ0v) is 52.8. The lowest BCUT2D eigenvalue weighted by Gasteiger charge is -2.42. The first kappa shape index (κ1) is 81.8. The molecule has 0 radical (unpaired) electrons. The molecule has 12 unspecified atom stereocenters. The number of carbonyl (C=O) groups is 7. The van der Waals surface area contributed by atoms with Crippen molar-refractivity contribution in [1.29, 1.82) is 0 Å². The van der Waals surface area contributed by atoms with E-state index in [4.69, 9.17) is 51.9 Å². The summed E-state index contributed by atoms with van der Waals surface area (Å²) in [5.41, 5.74) is 0. The average molecular weight is 1330 g/mol. The van der Waals surface area contributed by atoms with Crippen LogP contribution in [0.25, 0.3) is 0 Å². The Kier molecular flexibility index (Phi) is 44.0. The fourth-order valence-electron chi connectivity index (χ4n) is 8.79. The third-order valence-electron chi connectivity index (χ3n) is 13.6. The number of hydrogen-bond donors (Lipinski definition) is 15. The second-order valence-corrected chi connectivity index (χ2v) is 22.5. The summed E-state index contributed by atoms with van der Waals surface area (Å²) in [7, 11) is -3.23. The van der Waals surface area contributed by atoms with Gasteiger partial charge in [0.25, 0.3) is 0 Å². The van der Waals surface area contributed by atoms with E-state index in [9.17, 15) is 78.8 Å². The Bertz CT molecular complexity index is 2080. The molecule has 0 bridgehead atoms. The van der Waals surface area contributed by atoms with Crippen LogP contribution in [0.5, 0.6) is 0 Å². The summed E-state index contributed by atoms with van der Waals surface area (Å²) >= 11 is 0. The number of rotatable bonds is 52. The van der Waals surface area contributed by atoms with Crippen LogP contribution in [0.4, 0.5) is 0 Å². The van der Waals surface area contributed by atoms with Gasteiger partial charge < -0.3 is 125 Å². The van der Waals surface area contributed by atoms with E-state index >= 15 is 0 Å². The zero-order chi connectivity index (χ0) is 66.7.